The first-order chi connectivity index (χ1) is 16.1. The van der Waals surface area contributed by atoms with Crippen LogP contribution in [0.3, 0.4) is 0 Å². The highest BCUT2D eigenvalue weighted by Crippen LogP contribution is 2.23. The maximum atomic E-state index is 12.7. The van der Waals surface area contributed by atoms with Crippen molar-refractivity contribution in [1.29, 1.82) is 0 Å². The van der Waals surface area contributed by atoms with Gasteiger partial charge in [-0.3, -0.25) is 9.59 Å². The number of thiazole rings is 1. The van der Waals surface area contributed by atoms with Crippen molar-refractivity contribution in [2.75, 3.05) is 23.3 Å². The standard InChI is InChI=1S/C25H28N4O3S/c1-18(12-24(30)28-20-7-5-8-22(14-20)29-10-2-3-11-29)27-25(31)19-6-4-9-23(13-19)32-15-21-16-33-17-26-21/h4-9,13-14,16-18H,2-3,10-12,15H2,1H3,(H,27,31)(H,28,30). The molecule has 172 valence electrons. The molecule has 1 aliphatic rings. The number of amides is 2. The minimum absolute atomic E-state index is 0.137. The van der Waals surface area contributed by atoms with E-state index in [4.69, 9.17) is 4.74 Å². The van der Waals surface area contributed by atoms with Gasteiger partial charge in [-0.05, 0) is 56.2 Å². The third-order valence-corrected chi connectivity index (χ3v) is 6.07. The number of rotatable bonds is 9. The smallest absolute Gasteiger partial charge is 0.251 e. The molecule has 33 heavy (non-hydrogen) atoms. The van der Waals surface area contributed by atoms with Crippen LogP contribution in [0.15, 0.2) is 59.4 Å². The molecule has 0 aliphatic carbocycles. The van der Waals surface area contributed by atoms with Gasteiger partial charge in [-0.15, -0.1) is 11.3 Å². The van der Waals surface area contributed by atoms with Crippen LogP contribution in [0.25, 0.3) is 0 Å². The first-order valence-corrected chi connectivity index (χ1v) is 12.1. The minimum atomic E-state index is -0.321. The Labute approximate surface area is 197 Å². The highest BCUT2D eigenvalue weighted by molar-refractivity contribution is 7.07. The van der Waals surface area contributed by atoms with E-state index in [0.29, 0.717) is 17.9 Å². The molecule has 1 saturated heterocycles. The van der Waals surface area contributed by atoms with Gasteiger partial charge in [0, 0.05) is 47.9 Å². The molecule has 7 nitrogen and oxygen atoms in total. The number of ether oxygens (including phenoxy) is 1. The van der Waals surface area contributed by atoms with Crippen LogP contribution >= 0.6 is 11.3 Å². The Morgan fingerprint density at radius 3 is 2.76 bits per heavy atom. The lowest BCUT2D eigenvalue weighted by Gasteiger charge is -2.19. The van der Waals surface area contributed by atoms with Crippen LogP contribution in [-0.4, -0.2) is 35.9 Å². The van der Waals surface area contributed by atoms with Gasteiger partial charge in [0.1, 0.15) is 12.4 Å². The number of anilines is 2. The van der Waals surface area contributed by atoms with Gasteiger partial charge in [0.15, 0.2) is 0 Å². The average molecular weight is 465 g/mol. The minimum Gasteiger partial charge on any atom is -0.487 e. The van der Waals surface area contributed by atoms with E-state index in [0.717, 1.165) is 30.2 Å². The quantitative estimate of drug-likeness (QED) is 0.488. The summed E-state index contributed by atoms with van der Waals surface area (Å²) >= 11 is 1.51. The second-order valence-corrected chi connectivity index (χ2v) is 8.89. The maximum Gasteiger partial charge on any atom is 0.251 e. The topological polar surface area (TPSA) is 83.6 Å². The molecule has 1 fully saturated rings. The Bertz CT molecular complexity index is 1080. The molecule has 0 spiro atoms. The van der Waals surface area contributed by atoms with E-state index >= 15 is 0 Å². The van der Waals surface area contributed by atoms with Crippen LogP contribution in [-0.2, 0) is 11.4 Å². The Balaban J connectivity index is 1.27. The number of aromatic nitrogens is 1. The second kappa shape index (κ2) is 11.0. The highest BCUT2D eigenvalue weighted by atomic mass is 32.1. The van der Waals surface area contributed by atoms with E-state index in [1.165, 1.54) is 24.2 Å². The number of carbonyl (C=O) groups excluding carboxylic acids is 2. The molecule has 3 aromatic rings. The fourth-order valence-electron chi connectivity index (χ4n) is 3.80. The van der Waals surface area contributed by atoms with Crippen LogP contribution in [0, 0.1) is 0 Å². The molecule has 8 heteroatoms. The van der Waals surface area contributed by atoms with Gasteiger partial charge >= 0.3 is 0 Å². The van der Waals surface area contributed by atoms with Crippen molar-refractivity contribution in [3.05, 3.63) is 70.7 Å². The zero-order chi connectivity index (χ0) is 23.0. The predicted octanol–water partition coefficient (Wildman–Crippen LogP) is 4.47. The monoisotopic (exact) mass is 464 g/mol. The van der Waals surface area contributed by atoms with Crippen molar-refractivity contribution in [3.8, 4) is 5.75 Å². The van der Waals surface area contributed by atoms with E-state index in [2.05, 4.69) is 26.6 Å². The van der Waals surface area contributed by atoms with E-state index in [1.807, 2.05) is 30.5 Å². The lowest BCUT2D eigenvalue weighted by Crippen LogP contribution is -2.35. The van der Waals surface area contributed by atoms with E-state index in [9.17, 15) is 9.59 Å². The van der Waals surface area contributed by atoms with Crippen molar-refractivity contribution in [2.24, 2.45) is 0 Å². The third kappa shape index (κ3) is 6.55. The number of hydrogen-bond acceptors (Lipinski definition) is 6. The molecular weight excluding hydrogens is 436 g/mol. The molecule has 1 aromatic heterocycles. The first kappa shape index (κ1) is 22.8. The van der Waals surface area contributed by atoms with Crippen molar-refractivity contribution >= 4 is 34.5 Å². The van der Waals surface area contributed by atoms with Crippen LogP contribution < -0.4 is 20.3 Å². The highest BCUT2D eigenvalue weighted by Gasteiger charge is 2.16. The summed E-state index contributed by atoms with van der Waals surface area (Å²) in [5.74, 6) is 0.214. The normalized spacial score (nSPS) is 14.0. The molecule has 0 bridgehead atoms. The van der Waals surface area contributed by atoms with Crippen LogP contribution in [0.2, 0.25) is 0 Å². The zero-order valence-electron chi connectivity index (χ0n) is 18.6. The Morgan fingerprint density at radius 2 is 1.97 bits per heavy atom. The Kier molecular flexibility index (Phi) is 7.57. The lowest BCUT2D eigenvalue weighted by atomic mass is 10.1. The SMILES string of the molecule is CC(CC(=O)Nc1cccc(N2CCCC2)c1)NC(=O)c1cccc(OCc2cscn2)c1. The summed E-state index contributed by atoms with van der Waals surface area (Å²) in [5, 5.41) is 7.76. The molecule has 1 atom stereocenters. The molecule has 2 heterocycles. The van der Waals surface area contributed by atoms with Gasteiger partial charge in [0.2, 0.25) is 5.91 Å². The molecule has 1 unspecified atom stereocenters. The van der Waals surface area contributed by atoms with Gasteiger partial charge in [0.25, 0.3) is 5.91 Å². The van der Waals surface area contributed by atoms with Crippen molar-refractivity contribution in [1.82, 2.24) is 10.3 Å². The summed E-state index contributed by atoms with van der Waals surface area (Å²) in [6.45, 7) is 4.28. The Morgan fingerprint density at radius 1 is 1.15 bits per heavy atom. The van der Waals surface area contributed by atoms with Crippen LogP contribution in [0.1, 0.15) is 42.2 Å². The van der Waals surface area contributed by atoms with Gasteiger partial charge in [-0.1, -0.05) is 12.1 Å². The molecule has 2 aromatic carbocycles. The summed E-state index contributed by atoms with van der Waals surface area (Å²) in [6.07, 6.45) is 2.59. The molecular formula is C25H28N4O3S. The summed E-state index contributed by atoms with van der Waals surface area (Å²) in [6, 6.07) is 14.6. The maximum absolute atomic E-state index is 12.7. The Hall–Kier alpha value is -3.39. The molecule has 2 amide bonds. The first-order valence-electron chi connectivity index (χ1n) is 11.1. The van der Waals surface area contributed by atoms with E-state index < -0.39 is 0 Å². The predicted molar refractivity (Wildman–Crippen MR) is 131 cm³/mol. The summed E-state index contributed by atoms with van der Waals surface area (Å²) in [4.78, 5) is 31.7. The van der Waals surface area contributed by atoms with Gasteiger partial charge in [-0.2, -0.15) is 0 Å². The largest absolute Gasteiger partial charge is 0.487 e. The molecule has 0 radical (unpaired) electrons. The van der Waals surface area contributed by atoms with Crippen molar-refractivity contribution < 1.29 is 14.3 Å². The summed E-state index contributed by atoms with van der Waals surface area (Å²) in [5.41, 5.74) is 4.98. The average Bonchev–Trinajstić information content (AvgIpc) is 3.52. The van der Waals surface area contributed by atoms with Crippen LogP contribution in [0.4, 0.5) is 11.4 Å². The fourth-order valence-corrected chi connectivity index (χ4v) is 4.34. The fraction of sp³-hybridized carbons (Fsp3) is 0.320. The van der Waals surface area contributed by atoms with Gasteiger partial charge < -0.3 is 20.3 Å². The van der Waals surface area contributed by atoms with Crippen molar-refractivity contribution in [3.63, 3.8) is 0 Å². The summed E-state index contributed by atoms with van der Waals surface area (Å²) < 4.78 is 5.72. The second-order valence-electron chi connectivity index (χ2n) is 8.17. The number of nitrogens with zero attached hydrogens (tertiary/aromatic N) is 2. The van der Waals surface area contributed by atoms with E-state index in [1.54, 1.807) is 29.8 Å². The van der Waals surface area contributed by atoms with Gasteiger partial charge in [-0.25, -0.2) is 4.98 Å². The third-order valence-electron chi connectivity index (χ3n) is 5.44. The number of benzene rings is 2. The number of carbonyl (C=O) groups is 2. The summed E-state index contributed by atoms with van der Waals surface area (Å²) in [7, 11) is 0. The van der Waals surface area contributed by atoms with Crippen molar-refractivity contribution in [2.45, 2.75) is 38.8 Å². The molecule has 4 rings (SSSR count). The number of nitrogens with one attached hydrogen (secondary N) is 2. The molecule has 0 saturated carbocycles. The molecule has 1 aliphatic heterocycles. The van der Waals surface area contributed by atoms with Crippen LogP contribution in [0.5, 0.6) is 5.75 Å². The van der Waals surface area contributed by atoms with E-state index in [-0.39, 0.29) is 24.3 Å². The zero-order valence-corrected chi connectivity index (χ0v) is 19.4. The van der Waals surface area contributed by atoms with Gasteiger partial charge in [0.05, 0.1) is 11.2 Å². The molecule has 2 N–H and O–H groups in total. The number of hydrogen-bond donors (Lipinski definition) is 2. The lowest BCUT2D eigenvalue weighted by molar-refractivity contribution is -0.116.